The molecule has 0 bridgehead atoms. The summed E-state index contributed by atoms with van der Waals surface area (Å²) in [7, 11) is 0. The lowest BCUT2D eigenvalue weighted by atomic mass is 10.1. The zero-order valence-electron chi connectivity index (χ0n) is 18.1. The zero-order chi connectivity index (χ0) is 21.5. The van der Waals surface area contributed by atoms with Gasteiger partial charge in [-0.2, -0.15) is 0 Å². The number of hydrogen-bond donors (Lipinski definition) is 2. The van der Waals surface area contributed by atoms with Gasteiger partial charge in [0.1, 0.15) is 5.69 Å². The van der Waals surface area contributed by atoms with Crippen molar-refractivity contribution in [1.29, 1.82) is 0 Å². The number of carbonyl (C=O) groups is 1. The molecule has 2 aromatic carbocycles. The van der Waals surface area contributed by atoms with Gasteiger partial charge in [0.25, 0.3) is 0 Å². The van der Waals surface area contributed by atoms with Crippen LogP contribution in [0, 0.1) is 11.8 Å². The van der Waals surface area contributed by atoms with Crippen molar-refractivity contribution in [2.24, 2.45) is 11.8 Å². The van der Waals surface area contributed by atoms with Crippen molar-refractivity contribution < 1.29 is 9.32 Å². The van der Waals surface area contributed by atoms with Crippen molar-refractivity contribution in [2.45, 2.75) is 27.7 Å². The lowest BCUT2D eigenvalue weighted by molar-refractivity contribution is 0.261. The largest absolute Gasteiger partial charge is 0.369 e. The van der Waals surface area contributed by atoms with Gasteiger partial charge in [-0.15, -0.1) is 0 Å². The molecule has 0 aliphatic rings. The molecule has 6 heteroatoms. The van der Waals surface area contributed by atoms with Crippen molar-refractivity contribution in [1.82, 2.24) is 5.16 Å². The van der Waals surface area contributed by atoms with Gasteiger partial charge < -0.3 is 14.7 Å². The van der Waals surface area contributed by atoms with Crippen molar-refractivity contribution in [3.05, 3.63) is 60.7 Å². The zero-order valence-corrected chi connectivity index (χ0v) is 18.1. The van der Waals surface area contributed by atoms with Crippen LogP contribution in [-0.2, 0) is 0 Å². The van der Waals surface area contributed by atoms with E-state index in [0.29, 0.717) is 23.4 Å². The maximum atomic E-state index is 12.6. The molecule has 3 rings (SSSR count). The van der Waals surface area contributed by atoms with Gasteiger partial charge in [-0.05, 0) is 24.0 Å². The number of anilines is 3. The number of rotatable bonds is 8. The first-order chi connectivity index (χ1) is 14.4. The van der Waals surface area contributed by atoms with Crippen molar-refractivity contribution in [3.63, 3.8) is 0 Å². The standard InChI is InChI=1S/C24H30N4O2/c1-17(2)15-28(16-18(3)4)22-13-9-8-12-20(22)25-24(29)26-23-14-21(27-30-23)19-10-6-5-7-11-19/h5-14,17-18H,15-16H2,1-4H3,(H2,25,26,29). The maximum absolute atomic E-state index is 12.6. The van der Waals surface area contributed by atoms with E-state index in [-0.39, 0.29) is 6.03 Å². The van der Waals surface area contributed by atoms with Crippen LogP contribution in [0.4, 0.5) is 22.1 Å². The number of urea groups is 1. The first-order valence-corrected chi connectivity index (χ1v) is 10.4. The number of hydrogen-bond acceptors (Lipinski definition) is 4. The molecule has 0 atom stereocenters. The minimum Gasteiger partial charge on any atom is -0.369 e. The normalized spacial score (nSPS) is 11.0. The van der Waals surface area contributed by atoms with E-state index in [9.17, 15) is 4.79 Å². The van der Waals surface area contributed by atoms with E-state index < -0.39 is 0 Å². The Labute approximate surface area is 178 Å². The molecule has 2 N–H and O–H groups in total. The average Bonchev–Trinajstić information content (AvgIpc) is 3.16. The van der Waals surface area contributed by atoms with E-state index >= 15 is 0 Å². The molecule has 0 saturated heterocycles. The summed E-state index contributed by atoms with van der Waals surface area (Å²) in [5.74, 6) is 1.32. The number of benzene rings is 2. The van der Waals surface area contributed by atoms with Gasteiger partial charge >= 0.3 is 6.03 Å². The average molecular weight is 407 g/mol. The van der Waals surface area contributed by atoms with E-state index in [2.05, 4.69) is 48.4 Å². The number of amides is 2. The van der Waals surface area contributed by atoms with Gasteiger partial charge in [-0.3, -0.25) is 5.32 Å². The second-order valence-corrected chi connectivity index (χ2v) is 8.23. The molecule has 30 heavy (non-hydrogen) atoms. The number of nitrogens with one attached hydrogen (secondary N) is 2. The predicted octanol–water partition coefficient (Wildman–Crippen LogP) is 6.10. The highest BCUT2D eigenvalue weighted by Crippen LogP contribution is 2.28. The third kappa shape index (κ3) is 5.86. The minimum atomic E-state index is -0.368. The second kappa shape index (κ2) is 9.96. The highest BCUT2D eigenvalue weighted by atomic mass is 16.5. The predicted molar refractivity (Wildman–Crippen MR) is 123 cm³/mol. The van der Waals surface area contributed by atoms with Crippen LogP contribution in [0.2, 0.25) is 0 Å². The monoisotopic (exact) mass is 406 g/mol. The van der Waals surface area contributed by atoms with E-state index in [1.807, 2.05) is 54.6 Å². The van der Waals surface area contributed by atoms with E-state index in [4.69, 9.17) is 4.52 Å². The van der Waals surface area contributed by atoms with Gasteiger partial charge in [-0.1, -0.05) is 75.3 Å². The highest BCUT2D eigenvalue weighted by Gasteiger charge is 2.16. The van der Waals surface area contributed by atoms with Gasteiger partial charge in [-0.25, -0.2) is 4.79 Å². The first kappa shape index (κ1) is 21.4. The third-order valence-electron chi connectivity index (χ3n) is 4.48. The molecule has 1 heterocycles. The van der Waals surface area contributed by atoms with E-state index in [0.717, 1.165) is 30.0 Å². The van der Waals surface area contributed by atoms with Crippen LogP contribution in [0.25, 0.3) is 11.3 Å². The smallest absolute Gasteiger partial charge is 0.326 e. The van der Waals surface area contributed by atoms with Gasteiger partial charge in [0.2, 0.25) is 5.88 Å². The number of carbonyl (C=O) groups excluding carboxylic acids is 1. The Morgan fingerprint density at radius 3 is 2.23 bits per heavy atom. The molecule has 1 aromatic heterocycles. The summed E-state index contributed by atoms with van der Waals surface area (Å²) in [4.78, 5) is 14.9. The summed E-state index contributed by atoms with van der Waals surface area (Å²) in [5.41, 5.74) is 3.38. The van der Waals surface area contributed by atoms with Crippen molar-refractivity contribution in [2.75, 3.05) is 28.6 Å². The van der Waals surface area contributed by atoms with E-state index in [1.54, 1.807) is 6.07 Å². The van der Waals surface area contributed by atoms with Gasteiger partial charge in [0.05, 0.1) is 11.4 Å². The highest BCUT2D eigenvalue weighted by molar-refractivity contribution is 6.01. The number of para-hydroxylation sites is 2. The molecule has 6 nitrogen and oxygen atoms in total. The Morgan fingerprint density at radius 1 is 0.933 bits per heavy atom. The van der Waals surface area contributed by atoms with Crippen LogP contribution in [0.1, 0.15) is 27.7 Å². The fraction of sp³-hybridized carbons (Fsp3) is 0.333. The Balaban J connectivity index is 1.72. The molecule has 0 aliphatic heterocycles. The molecule has 0 aliphatic carbocycles. The fourth-order valence-electron chi connectivity index (χ4n) is 3.35. The molecule has 0 radical (unpaired) electrons. The van der Waals surface area contributed by atoms with Crippen LogP contribution in [0.5, 0.6) is 0 Å². The summed E-state index contributed by atoms with van der Waals surface area (Å²) < 4.78 is 5.28. The Hall–Kier alpha value is -3.28. The summed E-state index contributed by atoms with van der Waals surface area (Å²) in [6, 6.07) is 18.9. The van der Waals surface area contributed by atoms with Crippen LogP contribution in [-0.4, -0.2) is 24.3 Å². The summed E-state index contributed by atoms with van der Waals surface area (Å²) in [5, 5.41) is 9.72. The second-order valence-electron chi connectivity index (χ2n) is 8.23. The molecule has 0 saturated carbocycles. The Morgan fingerprint density at radius 2 is 1.57 bits per heavy atom. The van der Waals surface area contributed by atoms with E-state index in [1.165, 1.54) is 0 Å². The van der Waals surface area contributed by atoms with Crippen molar-refractivity contribution in [3.8, 4) is 11.3 Å². The van der Waals surface area contributed by atoms with Crippen LogP contribution < -0.4 is 15.5 Å². The van der Waals surface area contributed by atoms with Gasteiger partial charge in [0.15, 0.2) is 0 Å². The number of nitrogens with zero attached hydrogens (tertiary/aromatic N) is 2. The Kier molecular flexibility index (Phi) is 7.12. The molecule has 0 unspecified atom stereocenters. The van der Waals surface area contributed by atoms with Crippen LogP contribution in [0.15, 0.2) is 65.2 Å². The molecular weight excluding hydrogens is 376 g/mol. The maximum Gasteiger partial charge on any atom is 0.326 e. The molecule has 3 aromatic rings. The quantitative estimate of drug-likeness (QED) is 0.474. The summed E-state index contributed by atoms with van der Waals surface area (Å²) in [6.45, 7) is 10.6. The molecule has 158 valence electrons. The Bertz CT molecular complexity index is 941. The minimum absolute atomic E-state index is 0.296. The SMILES string of the molecule is CC(C)CN(CC(C)C)c1ccccc1NC(=O)Nc1cc(-c2ccccc2)no1. The lowest BCUT2D eigenvalue weighted by Crippen LogP contribution is -2.32. The van der Waals surface area contributed by atoms with Crippen LogP contribution in [0.3, 0.4) is 0 Å². The summed E-state index contributed by atoms with van der Waals surface area (Å²) >= 11 is 0. The lowest BCUT2D eigenvalue weighted by Gasteiger charge is -2.30. The van der Waals surface area contributed by atoms with Gasteiger partial charge in [0, 0.05) is 24.7 Å². The molecule has 2 amide bonds. The molecule has 0 spiro atoms. The molecule has 0 fully saturated rings. The molecular formula is C24H30N4O2. The topological polar surface area (TPSA) is 70.4 Å². The fourth-order valence-corrected chi connectivity index (χ4v) is 3.35. The van der Waals surface area contributed by atoms with Crippen LogP contribution >= 0.6 is 0 Å². The summed E-state index contributed by atoms with van der Waals surface area (Å²) in [6.07, 6.45) is 0. The van der Waals surface area contributed by atoms with Crippen molar-refractivity contribution >= 4 is 23.3 Å². The third-order valence-corrected chi connectivity index (χ3v) is 4.48. The number of aromatic nitrogens is 1. The first-order valence-electron chi connectivity index (χ1n) is 10.4.